The number of thiol groups is 1. The molecule has 136 valence electrons. The van der Waals surface area contributed by atoms with Gasteiger partial charge < -0.3 is 5.32 Å². The molecule has 1 aliphatic rings. The molecule has 24 heavy (non-hydrogen) atoms. The molecule has 1 heterocycles. The lowest BCUT2D eigenvalue weighted by molar-refractivity contribution is -0.121. The highest BCUT2D eigenvalue weighted by Crippen LogP contribution is 2.22. The first-order valence-corrected chi connectivity index (χ1v) is 10.4. The number of rotatable bonds is 5. The minimum atomic E-state index is 0.277. The molecule has 1 aliphatic heterocycles. The zero-order valence-electron chi connectivity index (χ0n) is 16.2. The van der Waals surface area contributed by atoms with Crippen molar-refractivity contribution in [3.05, 3.63) is 29.8 Å². The Morgan fingerprint density at radius 1 is 1.17 bits per heavy atom. The Bertz CT molecular complexity index is 470. The van der Waals surface area contributed by atoms with Crippen molar-refractivity contribution >= 4 is 17.5 Å². The minimum Gasteiger partial charge on any atom is -0.317 e. The summed E-state index contributed by atoms with van der Waals surface area (Å²) in [6.07, 6.45) is 4.71. The van der Waals surface area contributed by atoms with Gasteiger partial charge in [-0.2, -0.15) is 0 Å². The first kappa shape index (κ1) is 21.2. The van der Waals surface area contributed by atoms with Crippen LogP contribution in [0.2, 0.25) is 0 Å². The van der Waals surface area contributed by atoms with Crippen LogP contribution >= 0.6 is 0 Å². The van der Waals surface area contributed by atoms with Crippen LogP contribution in [0.4, 0.5) is 0 Å². The van der Waals surface area contributed by atoms with Crippen LogP contribution in [0.3, 0.4) is 0 Å². The summed E-state index contributed by atoms with van der Waals surface area (Å²) in [5, 5.41) is 3.22. The number of piperidine rings is 1. The van der Waals surface area contributed by atoms with Crippen LogP contribution in [0.5, 0.6) is 0 Å². The maximum atomic E-state index is 10.8. The molecule has 1 N–H and O–H groups in total. The molecule has 0 bridgehead atoms. The van der Waals surface area contributed by atoms with E-state index < -0.39 is 0 Å². The number of ketones is 1. The first-order chi connectivity index (χ1) is 11.3. The molecule has 0 radical (unpaired) electrons. The van der Waals surface area contributed by atoms with Crippen molar-refractivity contribution in [1.82, 2.24) is 5.32 Å². The molecule has 0 amide bonds. The molecule has 0 aliphatic carbocycles. The normalized spacial score (nSPS) is 15.5. The lowest BCUT2D eigenvalue weighted by Gasteiger charge is -2.19. The summed E-state index contributed by atoms with van der Waals surface area (Å²) in [7, 11) is 0. The summed E-state index contributed by atoms with van der Waals surface area (Å²) in [5.74, 6) is 2.01. The number of unbranched alkanes of at least 4 members (excludes halogenated alkanes) is 1. The van der Waals surface area contributed by atoms with Gasteiger partial charge in [0.15, 0.2) is 4.90 Å². The highest BCUT2D eigenvalue weighted by molar-refractivity contribution is 7.78. The number of nitrogens with one attached hydrogen (secondary N) is 1. The van der Waals surface area contributed by atoms with Gasteiger partial charge in [0.2, 0.25) is 0 Å². The first-order valence-electron chi connectivity index (χ1n) is 9.33. The third-order valence-electron chi connectivity index (χ3n) is 4.45. The van der Waals surface area contributed by atoms with Crippen molar-refractivity contribution in [1.29, 1.82) is 0 Å². The minimum absolute atomic E-state index is 0.277. The average Bonchev–Trinajstić information content (AvgIpc) is 2.56. The summed E-state index contributed by atoms with van der Waals surface area (Å²) < 4.78 is 0. The van der Waals surface area contributed by atoms with E-state index in [0.717, 1.165) is 25.9 Å². The molecular weight excluding hydrogens is 314 g/mol. The topological polar surface area (TPSA) is 29.1 Å². The maximum Gasteiger partial charge on any atom is 0.152 e. The number of carbonyl (C=O) groups is 1. The molecule has 0 unspecified atom stereocenters. The third kappa shape index (κ3) is 8.34. The van der Waals surface area contributed by atoms with E-state index in [4.69, 9.17) is 0 Å². The lowest BCUT2D eigenvalue weighted by Crippen LogP contribution is -2.30. The van der Waals surface area contributed by atoms with E-state index in [1.54, 1.807) is 6.92 Å². The molecular formula is C21H36NOS+. The van der Waals surface area contributed by atoms with Crippen LogP contribution in [0.25, 0.3) is 0 Å². The fourth-order valence-corrected chi connectivity index (χ4v) is 3.75. The average molecular weight is 351 g/mol. The van der Waals surface area contributed by atoms with E-state index in [1.807, 2.05) is 0 Å². The van der Waals surface area contributed by atoms with Gasteiger partial charge in [0.05, 0.1) is 0 Å². The number of carbonyl (C=O) groups excluding carboxylic acids is 1. The Balaban J connectivity index is 0.000000272. The Hall–Kier alpha value is -0.800. The number of Topliss-reactive ketones (excluding diaryl/α,β-unsaturated/α-hetero) is 1. The molecule has 0 saturated carbocycles. The van der Waals surface area contributed by atoms with Crippen LogP contribution in [-0.2, 0) is 22.0 Å². The van der Waals surface area contributed by atoms with Crippen molar-refractivity contribution in [3.8, 4) is 0 Å². The van der Waals surface area contributed by atoms with E-state index in [9.17, 15) is 4.79 Å². The highest BCUT2D eigenvalue weighted by atomic mass is 32.2. The van der Waals surface area contributed by atoms with Crippen molar-refractivity contribution in [3.63, 3.8) is 0 Å². The summed E-state index contributed by atoms with van der Waals surface area (Å²) in [6, 6.07) is 9.10. The van der Waals surface area contributed by atoms with Crippen molar-refractivity contribution in [2.24, 2.45) is 5.92 Å². The lowest BCUT2D eigenvalue weighted by atomic mass is 9.87. The van der Waals surface area contributed by atoms with Gasteiger partial charge in [0, 0.05) is 17.7 Å². The van der Waals surface area contributed by atoms with Crippen LogP contribution in [0, 0.1) is 5.92 Å². The summed E-state index contributed by atoms with van der Waals surface area (Å²) in [4.78, 5) is 12.2. The van der Waals surface area contributed by atoms with E-state index in [1.165, 1.54) is 40.8 Å². The van der Waals surface area contributed by atoms with E-state index in [2.05, 4.69) is 57.3 Å². The van der Waals surface area contributed by atoms with Crippen LogP contribution in [0.1, 0.15) is 65.9 Å². The highest BCUT2D eigenvalue weighted by Gasteiger charge is 2.16. The molecule has 3 heteroatoms. The van der Waals surface area contributed by atoms with Gasteiger partial charge >= 0.3 is 0 Å². The molecule has 0 spiro atoms. The molecule has 2 rings (SSSR count). The molecule has 2 nitrogen and oxygen atoms in total. The van der Waals surface area contributed by atoms with Crippen LogP contribution in [0.15, 0.2) is 29.2 Å². The molecule has 0 atom stereocenters. The zero-order valence-corrected chi connectivity index (χ0v) is 17.1. The SMILES string of the molecule is CC(=O)C1CCNCC1.CCCC[SH+]c1ccc(C(C)(C)C)cc1. The second-order valence-corrected chi connectivity index (χ2v) is 8.95. The van der Waals surface area contributed by atoms with Gasteiger partial charge in [-0.15, -0.1) is 0 Å². The van der Waals surface area contributed by atoms with Gasteiger partial charge in [-0.05, 0) is 62.4 Å². The number of hydrogen-bond acceptors (Lipinski definition) is 2. The van der Waals surface area contributed by atoms with E-state index >= 15 is 0 Å². The van der Waals surface area contributed by atoms with E-state index in [-0.39, 0.29) is 5.41 Å². The standard InChI is InChI=1S/C14H22S.C7H13NO/c1-5-6-11-15-13-9-7-12(8-10-13)14(2,3)4;1-6(9)7-2-4-8-5-3-7/h7-10H,5-6,11H2,1-4H3;7-8H,2-5H2,1H3/p+1. The molecule has 1 fully saturated rings. The Morgan fingerprint density at radius 3 is 2.17 bits per heavy atom. The Morgan fingerprint density at radius 2 is 1.75 bits per heavy atom. The fraction of sp³-hybridized carbons (Fsp3) is 0.667. The van der Waals surface area contributed by atoms with Gasteiger partial charge in [-0.1, -0.05) is 46.2 Å². The fourth-order valence-electron chi connectivity index (χ4n) is 2.66. The second-order valence-electron chi connectivity index (χ2n) is 7.67. The predicted molar refractivity (Wildman–Crippen MR) is 108 cm³/mol. The number of hydrogen-bond donors (Lipinski definition) is 1. The predicted octanol–water partition coefficient (Wildman–Crippen LogP) is 4.53. The Kier molecular flexibility index (Phi) is 9.68. The van der Waals surface area contributed by atoms with Crippen LogP contribution < -0.4 is 5.32 Å². The monoisotopic (exact) mass is 350 g/mol. The molecule has 1 aromatic carbocycles. The van der Waals surface area contributed by atoms with Crippen molar-refractivity contribution in [2.75, 3.05) is 18.8 Å². The Labute approximate surface area is 153 Å². The summed E-state index contributed by atoms with van der Waals surface area (Å²) >= 11 is 1.48. The van der Waals surface area contributed by atoms with Gasteiger partial charge in [0.25, 0.3) is 0 Å². The smallest absolute Gasteiger partial charge is 0.152 e. The van der Waals surface area contributed by atoms with Gasteiger partial charge in [-0.3, -0.25) is 4.79 Å². The van der Waals surface area contributed by atoms with Gasteiger partial charge in [0.1, 0.15) is 11.5 Å². The maximum absolute atomic E-state index is 10.8. The summed E-state index contributed by atoms with van der Waals surface area (Å²) in [6.45, 7) is 12.8. The largest absolute Gasteiger partial charge is 0.317 e. The summed E-state index contributed by atoms with van der Waals surface area (Å²) in [5.41, 5.74) is 1.70. The second kappa shape index (κ2) is 10.9. The number of benzene rings is 1. The van der Waals surface area contributed by atoms with Crippen molar-refractivity contribution in [2.45, 2.75) is 70.6 Å². The molecule has 1 saturated heterocycles. The third-order valence-corrected chi connectivity index (χ3v) is 5.66. The quantitative estimate of drug-likeness (QED) is 0.480. The zero-order chi connectivity index (χ0) is 18.0. The van der Waals surface area contributed by atoms with E-state index in [0.29, 0.717) is 11.7 Å². The molecule has 0 aromatic heterocycles. The van der Waals surface area contributed by atoms with Crippen LogP contribution in [-0.4, -0.2) is 24.6 Å². The van der Waals surface area contributed by atoms with Gasteiger partial charge in [-0.25, -0.2) is 0 Å². The van der Waals surface area contributed by atoms with Crippen molar-refractivity contribution < 1.29 is 4.79 Å². The molecule has 1 aromatic rings.